The Kier molecular flexibility index (Phi) is 3.19. The fourth-order valence-electron chi connectivity index (χ4n) is 1.47. The van der Waals surface area contributed by atoms with Crippen LogP contribution < -0.4 is 0 Å². The highest BCUT2D eigenvalue weighted by atomic mass is 16.5. The molecule has 84 valence electrons. The predicted molar refractivity (Wildman–Crippen MR) is 59.0 cm³/mol. The smallest absolute Gasteiger partial charge is 0.302 e. The van der Waals surface area contributed by atoms with E-state index in [2.05, 4.69) is 4.98 Å². The van der Waals surface area contributed by atoms with Gasteiger partial charge in [-0.15, -0.1) is 0 Å². The van der Waals surface area contributed by atoms with Gasteiger partial charge >= 0.3 is 5.97 Å². The molecule has 0 saturated carbocycles. The van der Waals surface area contributed by atoms with Crippen molar-refractivity contribution in [3.63, 3.8) is 0 Å². The number of para-hydroxylation sites is 2. The average molecular weight is 219 g/mol. The first-order valence-electron chi connectivity index (χ1n) is 5.23. The zero-order chi connectivity index (χ0) is 11.4. The quantitative estimate of drug-likeness (QED) is 0.585. The number of aryl methyl sites for hydroxylation is 1. The Morgan fingerprint density at radius 3 is 3.00 bits per heavy atom. The first-order valence-corrected chi connectivity index (χ1v) is 5.23. The van der Waals surface area contributed by atoms with Crippen LogP contribution in [0.5, 0.6) is 0 Å². The molecule has 4 heteroatoms. The van der Waals surface area contributed by atoms with Crippen molar-refractivity contribution >= 4 is 17.1 Å². The molecule has 2 aromatic rings. The molecule has 0 radical (unpaired) electrons. The van der Waals surface area contributed by atoms with Crippen LogP contribution >= 0.6 is 0 Å². The second kappa shape index (κ2) is 4.79. The van der Waals surface area contributed by atoms with Gasteiger partial charge in [-0.2, -0.15) is 0 Å². The van der Waals surface area contributed by atoms with Crippen LogP contribution in [0.15, 0.2) is 28.7 Å². The Balaban J connectivity index is 1.92. The number of ether oxygens (including phenoxy) is 1. The molecule has 1 aromatic heterocycles. The van der Waals surface area contributed by atoms with Crippen molar-refractivity contribution in [2.45, 2.75) is 19.8 Å². The van der Waals surface area contributed by atoms with E-state index in [1.165, 1.54) is 6.92 Å². The molecule has 0 bridgehead atoms. The molecule has 0 amide bonds. The Hall–Kier alpha value is -1.84. The van der Waals surface area contributed by atoms with E-state index < -0.39 is 0 Å². The average Bonchev–Trinajstić information content (AvgIpc) is 2.66. The van der Waals surface area contributed by atoms with Crippen LogP contribution in [0.1, 0.15) is 19.2 Å². The molecule has 0 aliphatic carbocycles. The largest absolute Gasteiger partial charge is 0.466 e. The van der Waals surface area contributed by atoms with E-state index in [0.717, 1.165) is 17.5 Å². The zero-order valence-electron chi connectivity index (χ0n) is 9.10. The highest BCUT2D eigenvalue weighted by Crippen LogP contribution is 2.15. The van der Waals surface area contributed by atoms with Crippen molar-refractivity contribution < 1.29 is 13.9 Å². The van der Waals surface area contributed by atoms with Gasteiger partial charge in [0.2, 0.25) is 0 Å². The molecule has 4 nitrogen and oxygen atoms in total. The summed E-state index contributed by atoms with van der Waals surface area (Å²) in [5.74, 6) is 0.436. The zero-order valence-corrected chi connectivity index (χ0v) is 9.10. The molecular weight excluding hydrogens is 206 g/mol. The van der Waals surface area contributed by atoms with Crippen molar-refractivity contribution in [3.05, 3.63) is 30.2 Å². The monoisotopic (exact) mass is 219 g/mol. The lowest BCUT2D eigenvalue weighted by molar-refractivity contribution is -0.141. The summed E-state index contributed by atoms with van der Waals surface area (Å²) in [6, 6.07) is 7.63. The van der Waals surface area contributed by atoms with Gasteiger partial charge in [0.1, 0.15) is 5.52 Å². The van der Waals surface area contributed by atoms with Gasteiger partial charge in [-0.1, -0.05) is 12.1 Å². The van der Waals surface area contributed by atoms with Gasteiger partial charge in [-0.25, -0.2) is 4.98 Å². The maximum Gasteiger partial charge on any atom is 0.302 e. The molecule has 2 rings (SSSR count). The molecule has 0 spiro atoms. The summed E-state index contributed by atoms with van der Waals surface area (Å²) in [6.07, 6.45) is 1.41. The van der Waals surface area contributed by atoms with E-state index in [4.69, 9.17) is 9.15 Å². The number of hydrogen-bond acceptors (Lipinski definition) is 4. The molecule has 0 unspecified atom stereocenters. The van der Waals surface area contributed by atoms with Gasteiger partial charge in [0.25, 0.3) is 0 Å². The van der Waals surface area contributed by atoms with Crippen molar-refractivity contribution in [2.75, 3.05) is 6.61 Å². The lowest BCUT2D eigenvalue weighted by atomic mass is 10.3. The number of esters is 1. The van der Waals surface area contributed by atoms with Gasteiger partial charge in [-0.3, -0.25) is 4.79 Å². The molecular formula is C12H13NO3. The fraction of sp³-hybridized carbons (Fsp3) is 0.333. The Labute approximate surface area is 93.2 Å². The SMILES string of the molecule is CC(=O)OCCCc1nc2ccccc2o1. The Morgan fingerprint density at radius 2 is 2.25 bits per heavy atom. The van der Waals surface area contributed by atoms with Crippen LogP contribution in [0.4, 0.5) is 0 Å². The number of carbonyl (C=O) groups excluding carboxylic acids is 1. The van der Waals surface area contributed by atoms with Crippen LogP contribution in [0.25, 0.3) is 11.1 Å². The van der Waals surface area contributed by atoms with Gasteiger partial charge in [0.15, 0.2) is 11.5 Å². The van der Waals surface area contributed by atoms with Crippen molar-refractivity contribution in [3.8, 4) is 0 Å². The second-order valence-electron chi connectivity index (χ2n) is 3.52. The summed E-state index contributed by atoms with van der Waals surface area (Å²) in [6.45, 7) is 1.81. The van der Waals surface area contributed by atoms with Gasteiger partial charge in [-0.05, 0) is 18.6 Å². The van der Waals surface area contributed by atoms with E-state index in [0.29, 0.717) is 18.9 Å². The van der Waals surface area contributed by atoms with E-state index in [-0.39, 0.29) is 5.97 Å². The number of benzene rings is 1. The maximum atomic E-state index is 10.5. The number of aromatic nitrogens is 1. The highest BCUT2D eigenvalue weighted by Gasteiger charge is 2.04. The normalized spacial score (nSPS) is 10.6. The lowest BCUT2D eigenvalue weighted by Crippen LogP contribution is -2.01. The highest BCUT2D eigenvalue weighted by molar-refractivity contribution is 5.72. The topological polar surface area (TPSA) is 52.3 Å². The summed E-state index contributed by atoms with van der Waals surface area (Å²) >= 11 is 0. The van der Waals surface area contributed by atoms with E-state index in [1.54, 1.807) is 0 Å². The molecule has 0 atom stereocenters. The van der Waals surface area contributed by atoms with Gasteiger partial charge in [0.05, 0.1) is 6.61 Å². The molecule has 1 aromatic carbocycles. The summed E-state index contributed by atoms with van der Waals surface area (Å²) in [5, 5.41) is 0. The molecule has 0 aliphatic rings. The number of rotatable bonds is 4. The maximum absolute atomic E-state index is 10.5. The minimum absolute atomic E-state index is 0.252. The minimum atomic E-state index is -0.252. The number of hydrogen-bond donors (Lipinski definition) is 0. The summed E-state index contributed by atoms with van der Waals surface area (Å²) < 4.78 is 10.4. The van der Waals surface area contributed by atoms with Crippen molar-refractivity contribution in [1.82, 2.24) is 4.98 Å². The van der Waals surface area contributed by atoms with E-state index in [9.17, 15) is 4.79 Å². The van der Waals surface area contributed by atoms with Crippen LogP contribution in [-0.2, 0) is 16.0 Å². The number of fused-ring (bicyclic) bond motifs is 1. The summed E-state index contributed by atoms with van der Waals surface area (Å²) in [7, 11) is 0. The summed E-state index contributed by atoms with van der Waals surface area (Å²) in [5.41, 5.74) is 1.66. The number of oxazole rings is 1. The third kappa shape index (κ3) is 2.59. The standard InChI is InChI=1S/C12H13NO3/c1-9(14)15-8-4-7-12-13-10-5-2-3-6-11(10)16-12/h2-3,5-6H,4,7-8H2,1H3. The fourth-order valence-corrected chi connectivity index (χ4v) is 1.47. The molecule has 1 heterocycles. The predicted octanol–water partition coefficient (Wildman–Crippen LogP) is 2.32. The van der Waals surface area contributed by atoms with Gasteiger partial charge in [0, 0.05) is 13.3 Å². The Morgan fingerprint density at radius 1 is 1.44 bits per heavy atom. The minimum Gasteiger partial charge on any atom is -0.466 e. The van der Waals surface area contributed by atoms with Crippen LogP contribution in [0.2, 0.25) is 0 Å². The lowest BCUT2D eigenvalue weighted by Gasteiger charge is -1.98. The molecule has 16 heavy (non-hydrogen) atoms. The first kappa shape index (κ1) is 10.7. The van der Waals surface area contributed by atoms with E-state index in [1.807, 2.05) is 24.3 Å². The first-order chi connectivity index (χ1) is 7.75. The number of carbonyl (C=O) groups is 1. The summed E-state index contributed by atoms with van der Waals surface area (Å²) in [4.78, 5) is 14.9. The molecule has 0 saturated heterocycles. The third-order valence-corrected chi connectivity index (χ3v) is 2.18. The molecule has 0 fully saturated rings. The molecule has 0 aliphatic heterocycles. The van der Waals surface area contributed by atoms with Crippen LogP contribution in [0, 0.1) is 0 Å². The van der Waals surface area contributed by atoms with E-state index >= 15 is 0 Å². The van der Waals surface area contributed by atoms with Crippen LogP contribution in [-0.4, -0.2) is 17.6 Å². The van der Waals surface area contributed by atoms with Crippen molar-refractivity contribution in [1.29, 1.82) is 0 Å². The second-order valence-corrected chi connectivity index (χ2v) is 3.52. The number of nitrogens with zero attached hydrogens (tertiary/aromatic N) is 1. The van der Waals surface area contributed by atoms with Crippen LogP contribution in [0.3, 0.4) is 0 Å². The van der Waals surface area contributed by atoms with Crippen molar-refractivity contribution in [2.24, 2.45) is 0 Å². The Bertz CT molecular complexity index is 457. The molecule has 0 N–H and O–H groups in total. The van der Waals surface area contributed by atoms with Gasteiger partial charge < -0.3 is 9.15 Å². The third-order valence-electron chi connectivity index (χ3n) is 2.18.